The number of halogens is 5. The lowest BCUT2D eigenvalue weighted by atomic mass is 10.1. The van der Waals surface area contributed by atoms with Crippen molar-refractivity contribution in [3.8, 4) is 28.6 Å². The molecule has 1 N–H and O–H groups in total. The van der Waals surface area contributed by atoms with Crippen LogP contribution in [-0.4, -0.2) is 57.8 Å². The Morgan fingerprint density at radius 1 is 1.07 bits per heavy atom. The Morgan fingerprint density at radius 3 is 2.35 bits per heavy atom. The monoisotopic (exact) mass is 696 g/mol. The third-order valence-corrected chi connectivity index (χ3v) is 6.78. The Kier molecular flexibility index (Phi) is 11.7. The number of aliphatic imine (C=N–C) groups is 1. The van der Waals surface area contributed by atoms with Crippen LogP contribution in [0.4, 0.5) is 23.7 Å². The average molecular weight is 698 g/mol. The molecule has 0 saturated heterocycles. The Labute approximate surface area is 275 Å². The van der Waals surface area contributed by atoms with E-state index < -0.39 is 12.5 Å². The van der Waals surface area contributed by atoms with Gasteiger partial charge in [-0.1, -0.05) is 47.5 Å². The minimum absolute atomic E-state index is 0.141. The number of methoxy groups -OCH3 is 1. The van der Waals surface area contributed by atoms with Crippen molar-refractivity contribution < 1.29 is 36.9 Å². The van der Waals surface area contributed by atoms with E-state index in [2.05, 4.69) is 30.3 Å². The first-order valence-electron chi connectivity index (χ1n) is 13.2. The van der Waals surface area contributed by atoms with Crippen molar-refractivity contribution in [2.75, 3.05) is 13.0 Å². The van der Waals surface area contributed by atoms with Crippen LogP contribution in [-0.2, 0) is 9.47 Å². The maximum Gasteiger partial charge on any atom is 0.573 e. The van der Waals surface area contributed by atoms with Gasteiger partial charge in [0, 0.05) is 17.7 Å². The van der Waals surface area contributed by atoms with Crippen LogP contribution >= 0.6 is 35.0 Å². The molecule has 1 aromatic heterocycles. The molecule has 3 aromatic carbocycles. The summed E-state index contributed by atoms with van der Waals surface area (Å²) < 4.78 is 57.8. The van der Waals surface area contributed by atoms with E-state index in [0.29, 0.717) is 28.4 Å². The van der Waals surface area contributed by atoms with Gasteiger partial charge in [0.05, 0.1) is 35.2 Å². The lowest BCUT2D eigenvalue weighted by molar-refractivity contribution is -0.274. The number of carbonyl (C=O) groups is 1. The highest BCUT2D eigenvalue weighted by molar-refractivity contribution is 8.13. The van der Waals surface area contributed by atoms with E-state index in [0.717, 1.165) is 11.8 Å². The van der Waals surface area contributed by atoms with Crippen LogP contribution < -0.4 is 14.9 Å². The van der Waals surface area contributed by atoms with E-state index in [1.807, 2.05) is 0 Å². The molecule has 0 atom stereocenters. The quantitative estimate of drug-likeness (QED) is 0.0578. The fourth-order valence-corrected chi connectivity index (χ4v) is 4.61. The number of thioether (sulfide) groups is 1. The summed E-state index contributed by atoms with van der Waals surface area (Å²) in [6.07, 6.45) is -2.98. The van der Waals surface area contributed by atoms with E-state index in [1.54, 1.807) is 50.2 Å². The smallest absolute Gasteiger partial charge is 0.497 e. The van der Waals surface area contributed by atoms with E-state index in [1.165, 1.54) is 48.6 Å². The molecule has 4 rings (SSSR count). The number of aromatic nitrogens is 3. The molecule has 11 nitrogen and oxygen atoms in total. The zero-order valence-electron chi connectivity index (χ0n) is 24.3. The molecule has 242 valence electrons. The van der Waals surface area contributed by atoms with Crippen LogP contribution in [0.1, 0.15) is 19.4 Å². The van der Waals surface area contributed by atoms with Crippen LogP contribution in [0.5, 0.6) is 11.5 Å². The van der Waals surface area contributed by atoms with Crippen LogP contribution in [0.3, 0.4) is 0 Å². The first-order valence-corrected chi connectivity index (χ1v) is 14.9. The summed E-state index contributed by atoms with van der Waals surface area (Å²) in [5, 5.41) is 9.30. The number of hydrazone groups is 1. The molecular weight excluding hydrogens is 672 g/mol. The highest BCUT2D eigenvalue weighted by Crippen LogP contribution is 2.37. The molecule has 17 heteroatoms. The third kappa shape index (κ3) is 10.3. The van der Waals surface area contributed by atoms with Gasteiger partial charge in [0.25, 0.3) is 0 Å². The van der Waals surface area contributed by atoms with E-state index in [-0.39, 0.29) is 38.7 Å². The van der Waals surface area contributed by atoms with E-state index >= 15 is 0 Å². The molecule has 4 aromatic rings. The van der Waals surface area contributed by atoms with Crippen molar-refractivity contribution >= 4 is 58.2 Å². The zero-order valence-corrected chi connectivity index (χ0v) is 26.6. The van der Waals surface area contributed by atoms with Crippen LogP contribution in [0, 0.1) is 0 Å². The molecule has 0 unspecified atom stereocenters. The summed E-state index contributed by atoms with van der Waals surface area (Å²) in [6, 6.07) is 15.4. The van der Waals surface area contributed by atoms with Gasteiger partial charge in [0.15, 0.2) is 11.0 Å². The SMILES string of the molecule is COc1cc(Cl)c(N=C(N/N=C\c2ccc(-c3ncn(-c4ccc(OC(F)(F)F)cc4)n3)cc2)SCOC(=O)OC(C)C)c(Cl)c1. The van der Waals surface area contributed by atoms with Gasteiger partial charge in [-0.2, -0.15) is 5.10 Å². The van der Waals surface area contributed by atoms with Gasteiger partial charge in [0.2, 0.25) is 0 Å². The minimum Gasteiger partial charge on any atom is -0.497 e. The van der Waals surface area contributed by atoms with Gasteiger partial charge in [-0.3, -0.25) is 5.43 Å². The Morgan fingerprint density at radius 2 is 1.74 bits per heavy atom. The number of nitrogens with zero attached hydrogens (tertiary/aromatic N) is 5. The first-order chi connectivity index (χ1) is 21.9. The van der Waals surface area contributed by atoms with Crippen LogP contribution in [0.2, 0.25) is 10.0 Å². The Hall–Kier alpha value is -4.47. The second kappa shape index (κ2) is 15.7. The second-order valence-corrected chi connectivity index (χ2v) is 11.0. The molecule has 0 aliphatic carbocycles. The molecule has 0 radical (unpaired) electrons. The Balaban J connectivity index is 1.44. The van der Waals surface area contributed by atoms with Crippen LogP contribution in [0.15, 0.2) is 77.1 Å². The number of hydrogen-bond acceptors (Lipinski definition) is 10. The molecule has 0 amide bonds. The van der Waals surface area contributed by atoms with Gasteiger partial charge in [-0.05, 0) is 55.4 Å². The van der Waals surface area contributed by atoms with Gasteiger partial charge >= 0.3 is 12.5 Å². The highest BCUT2D eigenvalue weighted by Gasteiger charge is 2.31. The molecule has 1 heterocycles. The molecule has 46 heavy (non-hydrogen) atoms. The highest BCUT2D eigenvalue weighted by atomic mass is 35.5. The average Bonchev–Trinajstić information content (AvgIpc) is 3.48. The third-order valence-electron chi connectivity index (χ3n) is 5.51. The first kappa shape index (κ1) is 34.4. The normalized spacial score (nSPS) is 12.0. The Bertz CT molecular complexity index is 1680. The van der Waals surface area contributed by atoms with Gasteiger partial charge in [-0.25, -0.2) is 19.5 Å². The largest absolute Gasteiger partial charge is 0.573 e. The zero-order chi connectivity index (χ0) is 33.3. The lowest BCUT2D eigenvalue weighted by Gasteiger charge is -2.10. The van der Waals surface area contributed by atoms with E-state index in [9.17, 15) is 18.0 Å². The predicted molar refractivity (Wildman–Crippen MR) is 169 cm³/mol. The molecule has 0 spiro atoms. The predicted octanol–water partition coefficient (Wildman–Crippen LogP) is 8.01. The van der Waals surface area contributed by atoms with Gasteiger partial charge < -0.3 is 18.9 Å². The number of hydrogen-bond donors (Lipinski definition) is 1. The van der Waals surface area contributed by atoms with Crippen molar-refractivity contribution in [1.82, 2.24) is 20.2 Å². The number of carbonyl (C=O) groups excluding carboxylic acids is 1. The number of rotatable bonds is 10. The molecule has 0 fully saturated rings. The summed E-state index contributed by atoms with van der Waals surface area (Å²) in [5.41, 5.74) is 4.94. The molecule has 0 aliphatic rings. The number of amidine groups is 1. The maximum absolute atomic E-state index is 12.4. The fourth-order valence-electron chi connectivity index (χ4n) is 3.52. The van der Waals surface area contributed by atoms with Crippen molar-refractivity contribution in [3.05, 3.63) is 82.6 Å². The fraction of sp³-hybridized carbons (Fsp3) is 0.207. The number of ether oxygens (including phenoxy) is 4. The standard InChI is InChI=1S/C29H25Cl2F3N6O5S/c1-17(2)44-28(41)43-16-46-27(37-25-23(30)12-22(42-3)13-24(25)31)38-36-14-18-4-6-19(7-5-18)26-35-15-40(39-26)20-8-10-21(11-9-20)45-29(32,33)34/h4-15,17H,16H2,1-3H3,(H,37,38)/b36-14-. The van der Waals surface area contributed by atoms with Gasteiger partial charge in [-0.15, -0.1) is 18.3 Å². The second-order valence-electron chi connectivity index (χ2n) is 9.23. The summed E-state index contributed by atoms with van der Waals surface area (Å²) >= 11 is 13.7. The molecular formula is C29H25Cl2F3N6O5S. The lowest BCUT2D eigenvalue weighted by Crippen LogP contribution is -2.17. The number of benzene rings is 3. The maximum atomic E-state index is 12.4. The summed E-state index contributed by atoms with van der Waals surface area (Å²) in [4.78, 5) is 20.5. The summed E-state index contributed by atoms with van der Waals surface area (Å²) in [7, 11) is 1.48. The minimum atomic E-state index is -4.77. The van der Waals surface area contributed by atoms with Gasteiger partial charge in [0.1, 0.15) is 29.5 Å². The van der Waals surface area contributed by atoms with Crippen molar-refractivity contribution in [2.45, 2.75) is 26.3 Å². The topological polar surface area (TPSA) is 121 Å². The molecule has 0 saturated carbocycles. The summed E-state index contributed by atoms with van der Waals surface area (Å²) in [5.74, 6) is 0.367. The van der Waals surface area contributed by atoms with Crippen molar-refractivity contribution in [1.29, 1.82) is 0 Å². The number of alkyl halides is 3. The van der Waals surface area contributed by atoms with E-state index in [4.69, 9.17) is 37.4 Å². The van der Waals surface area contributed by atoms with Crippen molar-refractivity contribution in [2.24, 2.45) is 10.1 Å². The van der Waals surface area contributed by atoms with Crippen molar-refractivity contribution in [3.63, 3.8) is 0 Å². The summed E-state index contributed by atoms with van der Waals surface area (Å²) in [6.45, 7) is 3.40. The molecule has 0 aliphatic heterocycles. The van der Waals surface area contributed by atoms with Crippen LogP contribution in [0.25, 0.3) is 17.1 Å². The number of nitrogens with one attached hydrogen (secondary N) is 1. The molecule has 0 bridgehead atoms.